The molecule has 0 aliphatic heterocycles. The zero-order chi connectivity index (χ0) is 13.1. The molecular weight excluding hydrogens is 234 g/mol. The van der Waals surface area contributed by atoms with Crippen LogP contribution < -0.4 is 10.5 Å². The highest BCUT2D eigenvalue weighted by molar-refractivity contribution is 5.88. The van der Waals surface area contributed by atoms with Crippen molar-refractivity contribution >= 4 is 10.8 Å². The van der Waals surface area contributed by atoms with E-state index < -0.39 is 0 Å². The molecule has 2 aromatic carbocycles. The zero-order valence-electron chi connectivity index (χ0n) is 11.2. The second-order valence-electron chi connectivity index (χ2n) is 5.47. The van der Waals surface area contributed by atoms with Gasteiger partial charge in [0.1, 0.15) is 5.75 Å². The summed E-state index contributed by atoms with van der Waals surface area (Å²) in [6.07, 6.45) is 4.80. The summed E-state index contributed by atoms with van der Waals surface area (Å²) in [5.41, 5.74) is 6.09. The van der Waals surface area contributed by atoms with Crippen molar-refractivity contribution in [1.29, 1.82) is 0 Å². The Morgan fingerprint density at radius 2 is 1.89 bits per heavy atom. The monoisotopic (exact) mass is 255 g/mol. The molecule has 0 spiro atoms. The number of hydrogen-bond donors (Lipinski definition) is 1. The third kappa shape index (κ3) is 2.74. The summed E-state index contributed by atoms with van der Waals surface area (Å²) in [6.45, 7) is 0.770. The fourth-order valence-electron chi connectivity index (χ4n) is 3.07. The molecule has 0 saturated heterocycles. The van der Waals surface area contributed by atoms with Gasteiger partial charge < -0.3 is 10.5 Å². The second-order valence-corrected chi connectivity index (χ2v) is 5.47. The van der Waals surface area contributed by atoms with Gasteiger partial charge in [-0.2, -0.15) is 0 Å². The van der Waals surface area contributed by atoms with Crippen LogP contribution in [-0.2, 0) is 0 Å². The van der Waals surface area contributed by atoms with Crippen molar-refractivity contribution in [1.82, 2.24) is 0 Å². The largest absolute Gasteiger partial charge is 0.493 e. The maximum absolute atomic E-state index is 6.09. The molecule has 1 saturated carbocycles. The van der Waals surface area contributed by atoms with Crippen LogP contribution in [0.3, 0.4) is 0 Å². The van der Waals surface area contributed by atoms with Gasteiger partial charge in [-0.15, -0.1) is 0 Å². The molecule has 1 aliphatic rings. The summed E-state index contributed by atoms with van der Waals surface area (Å²) in [5.74, 6) is 1.64. The van der Waals surface area contributed by atoms with Crippen molar-refractivity contribution in [3.05, 3.63) is 42.5 Å². The summed E-state index contributed by atoms with van der Waals surface area (Å²) in [5, 5.41) is 2.43. The van der Waals surface area contributed by atoms with E-state index in [1.807, 2.05) is 0 Å². The normalized spacial score (nSPS) is 22.8. The lowest BCUT2D eigenvalue weighted by Gasteiger charge is -2.16. The first-order valence-corrected chi connectivity index (χ1v) is 7.21. The van der Waals surface area contributed by atoms with Crippen LogP contribution in [0.15, 0.2) is 42.5 Å². The topological polar surface area (TPSA) is 35.2 Å². The van der Waals surface area contributed by atoms with Crippen LogP contribution in [0.5, 0.6) is 5.75 Å². The Balaban J connectivity index is 1.65. The van der Waals surface area contributed by atoms with Gasteiger partial charge in [-0.3, -0.25) is 0 Å². The molecule has 2 aromatic rings. The van der Waals surface area contributed by atoms with Crippen LogP contribution in [0.2, 0.25) is 0 Å². The molecule has 0 radical (unpaired) electrons. The zero-order valence-corrected chi connectivity index (χ0v) is 11.2. The van der Waals surface area contributed by atoms with E-state index in [2.05, 4.69) is 42.5 Å². The lowest BCUT2D eigenvalue weighted by molar-refractivity contribution is 0.273. The lowest BCUT2D eigenvalue weighted by Crippen LogP contribution is -2.25. The maximum atomic E-state index is 6.09. The Morgan fingerprint density at radius 3 is 2.74 bits per heavy atom. The Bertz CT molecular complexity index is 546. The highest BCUT2D eigenvalue weighted by Gasteiger charge is 2.23. The minimum Gasteiger partial charge on any atom is -0.493 e. The lowest BCUT2D eigenvalue weighted by atomic mass is 10.0. The molecule has 3 rings (SSSR count). The molecule has 2 unspecified atom stereocenters. The standard InChI is InChI=1S/C17H21NO/c18-16-9-3-7-14(16)11-12-19-17-10-4-6-13-5-1-2-8-15(13)17/h1-2,4-6,8,10,14,16H,3,7,9,11-12,18H2. The van der Waals surface area contributed by atoms with Gasteiger partial charge >= 0.3 is 0 Å². The third-order valence-corrected chi connectivity index (χ3v) is 4.21. The van der Waals surface area contributed by atoms with Gasteiger partial charge in [-0.25, -0.2) is 0 Å². The molecule has 0 aromatic heterocycles. The van der Waals surface area contributed by atoms with Crippen molar-refractivity contribution < 1.29 is 4.74 Å². The van der Waals surface area contributed by atoms with Crippen molar-refractivity contribution in [3.63, 3.8) is 0 Å². The van der Waals surface area contributed by atoms with Crippen LogP contribution in [0, 0.1) is 5.92 Å². The number of fused-ring (bicyclic) bond motifs is 1. The van der Waals surface area contributed by atoms with Crippen molar-refractivity contribution in [2.24, 2.45) is 11.7 Å². The number of rotatable bonds is 4. The molecule has 2 N–H and O–H groups in total. The third-order valence-electron chi connectivity index (χ3n) is 4.21. The van der Waals surface area contributed by atoms with Gasteiger partial charge in [-0.05, 0) is 36.6 Å². The molecule has 0 bridgehead atoms. The van der Waals surface area contributed by atoms with Crippen LogP contribution in [0.25, 0.3) is 10.8 Å². The highest BCUT2D eigenvalue weighted by Crippen LogP contribution is 2.28. The van der Waals surface area contributed by atoms with Gasteiger partial charge in [0.05, 0.1) is 6.61 Å². The fourth-order valence-corrected chi connectivity index (χ4v) is 3.07. The summed E-state index contributed by atoms with van der Waals surface area (Å²) < 4.78 is 5.97. The smallest absolute Gasteiger partial charge is 0.127 e. The first kappa shape index (κ1) is 12.5. The SMILES string of the molecule is NC1CCCC1CCOc1cccc2ccccc12. The van der Waals surface area contributed by atoms with Crippen LogP contribution in [0.1, 0.15) is 25.7 Å². The van der Waals surface area contributed by atoms with Crippen LogP contribution in [-0.4, -0.2) is 12.6 Å². The minimum absolute atomic E-state index is 0.385. The van der Waals surface area contributed by atoms with Gasteiger partial charge in [0.2, 0.25) is 0 Å². The molecule has 19 heavy (non-hydrogen) atoms. The number of hydrogen-bond acceptors (Lipinski definition) is 2. The number of benzene rings is 2. The predicted octanol–water partition coefficient (Wildman–Crippen LogP) is 3.74. The van der Waals surface area contributed by atoms with E-state index in [1.54, 1.807) is 0 Å². The summed E-state index contributed by atoms with van der Waals surface area (Å²) in [4.78, 5) is 0. The van der Waals surface area contributed by atoms with Crippen molar-refractivity contribution in [2.75, 3.05) is 6.61 Å². The molecular formula is C17H21NO. The van der Waals surface area contributed by atoms with Gasteiger partial charge in [0.25, 0.3) is 0 Å². The van der Waals surface area contributed by atoms with Gasteiger partial charge in [0.15, 0.2) is 0 Å². The average Bonchev–Trinajstić information content (AvgIpc) is 2.85. The van der Waals surface area contributed by atoms with Crippen molar-refractivity contribution in [2.45, 2.75) is 31.7 Å². The van der Waals surface area contributed by atoms with E-state index in [0.29, 0.717) is 12.0 Å². The summed E-state index contributed by atoms with van der Waals surface area (Å²) in [7, 11) is 0. The van der Waals surface area contributed by atoms with E-state index in [9.17, 15) is 0 Å². The van der Waals surface area contributed by atoms with Gasteiger partial charge in [0, 0.05) is 11.4 Å². The first-order valence-electron chi connectivity index (χ1n) is 7.21. The maximum Gasteiger partial charge on any atom is 0.127 e. The first-order chi connectivity index (χ1) is 9.34. The Labute approximate surface area is 114 Å². The van der Waals surface area contributed by atoms with E-state index in [1.165, 1.54) is 30.0 Å². The van der Waals surface area contributed by atoms with E-state index in [-0.39, 0.29) is 0 Å². The fraction of sp³-hybridized carbons (Fsp3) is 0.412. The molecule has 1 aliphatic carbocycles. The Kier molecular flexibility index (Phi) is 3.69. The molecule has 100 valence electrons. The van der Waals surface area contributed by atoms with Gasteiger partial charge in [-0.1, -0.05) is 42.8 Å². The highest BCUT2D eigenvalue weighted by atomic mass is 16.5. The van der Waals surface area contributed by atoms with E-state index in [4.69, 9.17) is 10.5 Å². The van der Waals surface area contributed by atoms with Crippen LogP contribution >= 0.6 is 0 Å². The second kappa shape index (κ2) is 5.62. The number of ether oxygens (including phenoxy) is 1. The molecule has 2 nitrogen and oxygen atoms in total. The molecule has 0 heterocycles. The Hall–Kier alpha value is -1.54. The minimum atomic E-state index is 0.385. The number of nitrogens with two attached hydrogens (primary N) is 1. The average molecular weight is 255 g/mol. The Morgan fingerprint density at radius 1 is 1.05 bits per heavy atom. The van der Waals surface area contributed by atoms with E-state index >= 15 is 0 Å². The summed E-state index contributed by atoms with van der Waals surface area (Å²) >= 11 is 0. The predicted molar refractivity (Wildman–Crippen MR) is 79.4 cm³/mol. The van der Waals surface area contributed by atoms with Crippen LogP contribution in [0.4, 0.5) is 0 Å². The molecule has 1 fully saturated rings. The van der Waals surface area contributed by atoms with Crippen molar-refractivity contribution in [3.8, 4) is 5.75 Å². The molecule has 0 amide bonds. The quantitative estimate of drug-likeness (QED) is 0.903. The van der Waals surface area contributed by atoms with E-state index in [0.717, 1.165) is 18.8 Å². The molecule has 2 atom stereocenters. The molecule has 2 heteroatoms. The summed E-state index contributed by atoms with van der Waals surface area (Å²) in [6, 6.07) is 15.0.